The van der Waals surface area contributed by atoms with Crippen molar-refractivity contribution in [3.63, 3.8) is 0 Å². The average Bonchev–Trinajstić information content (AvgIpc) is 2.46. The molecule has 20 heavy (non-hydrogen) atoms. The first kappa shape index (κ1) is 14.0. The highest BCUT2D eigenvalue weighted by Gasteiger charge is 2.11. The van der Waals surface area contributed by atoms with Gasteiger partial charge in [-0.2, -0.15) is 0 Å². The van der Waals surface area contributed by atoms with E-state index in [0.717, 1.165) is 5.39 Å². The molecule has 104 valence electrons. The molecule has 0 saturated heterocycles. The maximum absolute atomic E-state index is 11.7. The van der Waals surface area contributed by atoms with Crippen LogP contribution in [0.1, 0.15) is 34.7 Å². The molecule has 0 fully saturated rings. The Morgan fingerprint density at radius 1 is 1.00 bits per heavy atom. The highest BCUT2D eigenvalue weighted by Crippen LogP contribution is 2.16. The van der Waals surface area contributed by atoms with Gasteiger partial charge in [-0.05, 0) is 32.0 Å². The number of hydrogen-bond donors (Lipinski definition) is 0. The molecular formula is C15H15NO4. The topological polar surface area (TPSA) is 65.5 Å². The molecule has 0 radical (unpaired) electrons. The van der Waals surface area contributed by atoms with Crippen molar-refractivity contribution in [3.8, 4) is 0 Å². The highest BCUT2D eigenvalue weighted by molar-refractivity contribution is 5.96. The zero-order valence-electron chi connectivity index (χ0n) is 11.4. The molecule has 2 rings (SSSR count). The Labute approximate surface area is 116 Å². The van der Waals surface area contributed by atoms with E-state index in [1.165, 1.54) is 0 Å². The van der Waals surface area contributed by atoms with E-state index in [0.29, 0.717) is 24.3 Å². The van der Waals surface area contributed by atoms with Crippen LogP contribution in [0, 0.1) is 0 Å². The molecule has 0 saturated carbocycles. The predicted octanol–water partition coefficient (Wildman–Crippen LogP) is 2.59. The first-order valence-corrected chi connectivity index (χ1v) is 6.40. The molecular weight excluding hydrogens is 258 g/mol. The zero-order chi connectivity index (χ0) is 14.5. The van der Waals surface area contributed by atoms with Gasteiger partial charge in [0.1, 0.15) is 5.69 Å². The van der Waals surface area contributed by atoms with E-state index >= 15 is 0 Å². The van der Waals surface area contributed by atoms with Crippen LogP contribution in [0.15, 0.2) is 30.3 Å². The van der Waals surface area contributed by atoms with Crippen molar-refractivity contribution >= 4 is 22.8 Å². The number of nitrogens with zero attached hydrogens (tertiary/aromatic N) is 1. The minimum Gasteiger partial charge on any atom is -0.462 e. The van der Waals surface area contributed by atoms with Gasteiger partial charge in [-0.15, -0.1) is 0 Å². The molecule has 0 unspecified atom stereocenters. The average molecular weight is 273 g/mol. The second-order valence-electron chi connectivity index (χ2n) is 4.04. The Balaban J connectivity index is 2.39. The molecule has 0 amide bonds. The van der Waals surface area contributed by atoms with Crippen LogP contribution in [0.5, 0.6) is 0 Å². The van der Waals surface area contributed by atoms with Crippen molar-refractivity contribution in [1.82, 2.24) is 4.98 Å². The normalized spacial score (nSPS) is 10.3. The summed E-state index contributed by atoms with van der Waals surface area (Å²) in [6, 6.07) is 8.42. The second kappa shape index (κ2) is 6.14. The van der Waals surface area contributed by atoms with E-state index in [1.807, 2.05) is 0 Å². The highest BCUT2D eigenvalue weighted by atomic mass is 16.5. The summed E-state index contributed by atoms with van der Waals surface area (Å²) in [5, 5.41) is 0.839. The maximum atomic E-state index is 11.7. The number of benzene rings is 1. The predicted molar refractivity (Wildman–Crippen MR) is 73.7 cm³/mol. The van der Waals surface area contributed by atoms with Crippen LogP contribution in [-0.2, 0) is 9.47 Å². The number of carbonyl (C=O) groups excluding carboxylic acids is 2. The number of aromatic nitrogens is 1. The van der Waals surface area contributed by atoms with E-state index < -0.39 is 11.9 Å². The van der Waals surface area contributed by atoms with E-state index in [1.54, 1.807) is 44.2 Å². The first-order chi connectivity index (χ1) is 9.65. The van der Waals surface area contributed by atoms with Gasteiger partial charge in [-0.3, -0.25) is 0 Å². The van der Waals surface area contributed by atoms with Crippen LogP contribution < -0.4 is 0 Å². The third-order valence-electron chi connectivity index (χ3n) is 2.69. The minimum absolute atomic E-state index is 0.223. The lowest BCUT2D eigenvalue weighted by molar-refractivity contribution is 0.0514. The number of carbonyl (C=O) groups is 2. The standard InChI is InChI=1S/C15H15NO4/c1-3-19-14(17)11-6-5-10-7-8-12(15(18)20-4-2)16-13(10)9-11/h5-9H,3-4H2,1-2H3. The van der Waals surface area contributed by atoms with Gasteiger partial charge in [0.25, 0.3) is 0 Å². The van der Waals surface area contributed by atoms with Gasteiger partial charge >= 0.3 is 11.9 Å². The molecule has 0 spiro atoms. The van der Waals surface area contributed by atoms with Gasteiger partial charge in [-0.25, -0.2) is 14.6 Å². The quantitative estimate of drug-likeness (QED) is 0.801. The second-order valence-corrected chi connectivity index (χ2v) is 4.04. The van der Waals surface area contributed by atoms with Crippen molar-refractivity contribution in [2.24, 2.45) is 0 Å². The monoisotopic (exact) mass is 273 g/mol. The molecule has 0 aliphatic rings. The Morgan fingerprint density at radius 2 is 1.65 bits per heavy atom. The fourth-order valence-corrected chi connectivity index (χ4v) is 1.78. The van der Waals surface area contributed by atoms with Crippen LogP contribution in [0.4, 0.5) is 0 Å². The lowest BCUT2D eigenvalue weighted by Gasteiger charge is -2.05. The SMILES string of the molecule is CCOC(=O)c1ccc2ccc(C(=O)OCC)nc2c1. The number of fused-ring (bicyclic) bond motifs is 1. The minimum atomic E-state index is -0.476. The van der Waals surface area contributed by atoms with Crippen LogP contribution in [0.25, 0.3) is 10.9 Å². The van der Waals surface area contributed by atoms with E-state index in [4.69, 9.17) is 9.47 Å². The molecule has 0 atom stereocenters. The molecule has 1 aromatic carbocycles. The van der Waals surface area contributed by atoms with E-state index in [9.17, 15) is 9.59 Å². The number of ether oxygens (including phenoxy) is 2. The van der Waals surface area contributed by atoms with Crippen molar-refractivity contribution in [3.05, 3.63) is 41.6 Å². The summed E-state index contributed by atoms with van der Waals surface area (Å²) < 4.78 is 9.83. The van der Waals surface area contributed by atoms with Crippen LogP contribution in [-0.4, -0.2) is 30.1 Å². The van der Waals surface area contributed by atoms with Crippen LogP contribution in [0.3, 0.4) is 0 Å². The molecule has 1 aromatic heterocycles. The van der Waals surface area contributed by atoms with Gasteiger partial charge in [0.05, 0.1) is 24.3 Å². The van der Waals surface area contributed by atoms with Gasteiger partial charge < -0.3 is 9.47 Å². The van der Waals surface area contributed by atoms with Crippen LogP contribution >= 0.6 is 0 Å². The Morgan fingerprint density at radius 3 is 2.35 bits per heavy atom. The lowest BCUT2D eigenvalue weighted by atomic mass is 10.1. The Bertz CT molecular complexity index is 599. The summed E-state index contributed by atoms with van der Waals surface area (Å²) in [5.74, 6) is -0.881. The van der Waals surface area contributed by atoms with Gasteiger partial charge in [0, 0.05) is 5.39 Å². The summed E-state index contributed by atoms with van der Waals surface area (Å²) in [6.07, 6.45) is 0. The molecule has 0 aliphatic heterocycles. The third-order valence-corrected chi connectivity index (χ3v) is 2.69. The smallest absolute Gasteiger partial charge is 0.356 e. The van der Waals surface area contributed by atoms with Gasteiger partial charge in [0.15, 0.2) is 0 Å². The molecule has 5 heteroatoms. The first-order valence-electron chi connectivity index (χ1n) is 6.40. The fourth-order valence-electron chi connectivity index (χ4n) is 1.78. The van der Waals surface area contributed by atoms with Crippen molar-refractivity contribution < 1.29 is 19.1 Å². The summed E-state index contributed by atoms with van der Waals surface area (Å²) in [5.41, 5.74) is 1.19. The summed E-state index contributed by atoms with van der Waals surface area (Å²) in [4.78, 5) is 27.5. The van der Waals surface area contributed by atoms with Gasteiger partial charge in [0.2, 0.25) is 0 Å². The molecule has 5 nitrogen and oxygen atoms in total. The molecule has 0 N–H and O–H groups in total. The van der Waals surface area contributed by atoms with Crippen molar-refractivity contribution in [2.45, 2.75) is 13.8 Å². The molecule has 0 bridgehead atoms. The Hall–Kier alpha value is -2.43. The van der Waals surface area contributed by atoms with E-state index in [2.05, 4.69) is 4.98 Å². The number of pyridine rings is 1. The number of esters is 2. The lowest BCUT2D eigenvalue weighted by Crippen LogP contribution is -2.07. The number of rotatable bonds is 4. The third kappa shape index (κ3) is 2.93. The van der Waals surface area contributed by atoms with Crippen molar-refractivity contribution in [2.75, 3.05) is 13.2 Å². The summed E-state index contributed by atoms with van der Waals surface area (Å²) >= 11 is 0. The van der Waals surface area contributed by atoms with Crippen molar-refractivity contribution in [1.29, 1.82) is 0 Å². The molecule has 1 heterocycles. The summed E-state index contributed by atoms with van der Waals surface area (Å²) in [7, 11) is 0. The van der Waals surface area contributed by atoms with E-state index in [-0.39, 0.29) is 5.69 Å². The van der Waals surface area contributed by atoms with Crippen LogP contribution in [0.2, 0.25) is 0 Å². The largest absolute Gasteiger partial charge is 0.462 e. The summed E-state index contributed by atoms with van der Waals surface area (Å²) in [6.45, 7) is 4.09. The fraction of sp³-hybridized carbons (Fsp3) is 0.267. The number of hydrogen-bond acceptors (Lipinski definition) is 5. The zero-order valence-corrected chi connectivity index (χ0v) is 11.4. The molecule has 0 aliphatic carbocycles. The molecule has 2 aromatic rings. The Kier molecular flexibility index (Phi) is 4.30. The maximum Gasteiger partial charge on any atom is 0.356 e. The van der Waals surface area contributed by atoms with Gasteiger partial charge in [-0.1, -0.05) is 12.1 Å².